The van der Waals surface area contributed by atoms with Gasteiger partial charge in [0.25, 0.3) is 5.82 Å². The molecule has 0 aliphatic rings. The van der Waals surface area contributed by atoms with E-state index in [1.54, 1.807) is 0 Å². The predicted octanol–water partition coefficient (Wildman–Crippen LogP) is -0.656. The van der Waals surface area contributed by atoms with Crippen molar-refractivity contribution in [1.82, 2.24) is 4.98 Å². The Morgan fingerprint density at radius 3 is 2.29 bits per heavy atom. The van der Waals surface area contributed by atoms with Crippen molar-refractivity contribution in [3.63, 3.8) is 0 Å². The van der Waals surface area contributed by atoms with E-state index in [0.717, 1.165) is 30.2 Å². The summed E-state index contributed by atoms with van der Waals surface area (Å²) < 4.78 is 1.92. The molecule has 1 aromatic carbocycles. The van der Waals surface area contributed by atoms with Crippen molar-refractivity contribution in [3.8, 4) is 0 Å². The van der Waals surface area contributed by atoms with Crippen LogP contribution in [0.15, 0.2) is 36.7 Å². The lowest BCUT2D eigenvalue weighted by Gasteiger charge is -2.20. The van der Waals surface area contributed by atoms with E-state index < -0.39 is 0 Å². The average molecular weight is 352 g/mol. The Morgan fingerprint density at radius 1 is 1.19 bits per heavy atom. The van der Waals surface area contributed by atoms with Crippen molar-refractivity contribution in [1.29, 1.82) is 0 Å². The maximum Gasteiger partial charge on any atom is 0.251 e. The number of nitrogens with zero attached hydrogens (tertiary/aromatic N) is 2. The molecule has 1 aromatic heterocycles. The van der Waals surface area contributed by atoms with Gasteiger partial charge in [-0.15, -0.1) is 0 Å². The second-order valence-electron chi connectivity index (χ2n) is 4.82. The highest BCUT2D eigenvalue weighted by molar-refractivity contribution is 5.95. The fourth-order valence-corrected chi connectivity index (χ4v) is 2.31. The van der Waals surface area contributed by atoms with Gasteiger partial charge in [0.05, 0.1) is 0 Å². The standard InChI is InChI=1S/C16H21N3O.BrH/c1-4-18(5-2)15-8-6-14(7-9-15)16(20)12-19-11-10-17-13(19)3;/h6-11H,4-5,12H2,1-3H3;1H. The number of carbonyl (C=O) groups is 1. The SMILES string of the molecule is CCN(CC)c1ccc(C(=O)C[n+]2cc[nH]c2C)cc1.[Br-]. The molecule has 1 N–H and O–H groups in total. The molecule has 0 aliphatic carbocycles. The van der Waals surface area contributed by atoms with E-state index in [0.29, 0.717) is 6.54 Å². The molecule has 0 atom stereocenters. The maximum absolute atomic E-state index is 12.2. The number of rotatable bonds is 6. The number of H-pyrrole nitrogens is 1. The Hall–Kier alpha value is -1.62. The zero-order chi connectivity index (χ0) is 14.5. The second kappa shape index (κ2) is 7.98. The van der Waals surface area contributed by atoms with Gasteiger partial charge in [-0.25, -0.2) is 9.55 Å². The zero-order valence-corrected chi connectivity index (χ0v) is 14.4. The molecule has 0 amide bonds. The number of benzene rings is 1. The topological polar surface area (TPSA) is 40.0 Å². The lowest BCUT2D eigenvalue weighted by molar-refractivity contribution is -0.687. The summed E-state index contributed by atoms with van der Waals surface area (Å²) in [4.78, 5) is 17.6. The number of ketones is 1. The summed E-state index contributed by atoms with van der Waals surface area (Å²) in [5, 5.41) is 0. The van der Waals surface area contributed by atoms with E-state index in [2.05, 4.69) is 23.7 Å². The van der Waals surface area contributed by atoms with Crippen LogP contribution in [0.2, 0.25) is 0 Å². The minimum atomic E-state index is 0. The lowest BCUT2D eigenvalue weighted by Crippen LogP contribution is -3.00. The van der Waals surface area contributed by atoms with E-state index in [1.165, 1.54) is 0 Å². The van der Waals surface area contributed by atoms with Crippen LogP contribution < -0.4 is 26.4 Å². The molecule has 0 saturated heterocycles. The molecule has 0 fully saturated rings. The van der Waals surface area contributed by atoms with Crippen LogP contribution in [0.5, 0.6) is 0 Å². The average Bonchev–Trinajstić information content (AvgIpc) is 2.86. The number of halogens is 1. The second-order valence-corrected chi connectivity index (χ2v) is 4.82. The first-order valence-electron chi connectivity index (χ1n) is 7.07. The van der Waals surface area contributed by atoms with Gasteiger partial charge in [0.2, 0.25) is 5.78 Å². The molecular weight excluding hydrogens is 330 g/mol. The summed E-state index contributed by atoms with van der Waals surface area (Å²) in [5.41, 5.74) is 1.92. The van der Waals surface area contributed by atoms with Crippen LogP contribution in [0, 0.1) is 6.92 Å². The molecule has 0 aliphatic heterocycles. The molecule has 0 saturated carbocycles. The van der Waals surface area contributed by atoms with Gasteiger partial charge in [-0.05, 0) is 38.1 Å². The smallest absolute Gasteiger partial charge is 0.251 e. The number of Topliss-reactive ketones (excluding diaryl/α,β-unsaturated/α-hetero) is 1. The van der Waals surface area contributed by atoms with E-state index in [1.807, 2.05) is 48.1 Å². The van der Waals surface area contributed by atoms with Crippen LogP contribution in [0.25, 0.3) is 0 Å². The zero-order valence-electron chi connectivity index (χ0n) is 12.8. The van der Waals surface area contributed by atoms with E-state index in [-0.39, 0.29) is 22.8 Å². The van der Waals surface area contributed by atoms with E-state index in [9.17, 15) is 4.79 Å². The Balaban J connectivity index is 0.00000220. The van der Waals surface area contributed by atoms with Crippen molar-refractivity contribution in [2.45, 2.75) is 27.3 Å². The summed E-state index contributed by atoms with van der Waals surface area (Å²) in [6.07, 6.45) is 3.73. The number of imidazole rings is 1. The van der Waals surface area contributed by atoms with Crippen LogP contribution in [-0.2, 0) is 6.54 Å². The Bertz CT molecular complexity index is 573. The number of aromatic amines is 1. The number of nitrogens with one attached hydrogen (secondary N) is 1. The van der Waals surface area contributed by atoms with Crippen molar-refractivity contribution in [3.05, 3.63) is 48.0 Å². The fourth-order valence-electron chi connectivity index (χ4n) is 2.31. The van der Waals surface area contributed by atoms with Crippen LogP contribution >= 0.6 is 0 Å². The largest absolute Gasteiger partial charge is 1.00 e. The molecule has 21 heavy (non-hydrogen) atoms. The molecular formula is C16H22BrN3O. The van der Waals surface area contributed by atoms with Gasteiger partial charge in [-0.3, -0.25) is 4.79 Å². The number of hydrogen-bond acceptors (Lipinski definition) is 2. The van der Waals surface area contributed by atoms with Crippen LogP contribution in [0.3, 0.4) is 0 Å². The maximum atomic E-state index is 12.2. The van der Waals surface area contributed by atoms with E-state index in [4.69, 9.17) is 0 Å². The van der Waals surface area contributed by atoms with Crippen LogP contribution in [-0.4, -0.2) is 23.9 Å². The first kappa shape index (κ1) is 17.4. The van der Waals surface area contributed by atoms with Crippen molar-refractivity contribution in [2.75, 3.05) is 18.0 Å². The molecule has 0 bridgehead atoms. The Labute approximate surface area is 136 Å². The molecule has 2 rings (SSSR count). The molecule has 4 nitrogen and oxygen atoms in total. The molecule has 5 heteroatoms. The predicted molar refractivity (Wildman–Crippen MR) is 80.1 cm³/mol. The minimum Gasteiger partial charge on any atom is -1.00 e. The first-order chi connectivity index (χ1) is 9.65. The molecule has 114 valence electrons. The molecule has 0 unspecified atom stereocenters. The van der Waals surface area contributed by atoms with Gasteiger partial charge >= 0.3 is 0 Å². The summed E-state index contributed by atoms with van der Waals surface area (Å²) in [6, 6.07) is 7.88. The highest BCUT2D eigenvalue weighted by Crippen LogP contribution is 2.15. The lowest BCUT2D eigenvalue weighted by atomic mass is 10.1. The highest BCUT2D eigenvalue weighted by Gasteiger charge is 2.13. The summed E-state index contributed by atoms with van der Waals surface area (Å²) in [6.45, 7) is 8.54. The Morgan fingerprint density at radius 2 is 1.81 bits per heavy atom. The van der Waals surface area contributed by atoms with Crippen LogP contribution in [0.4, 0.5) is 5.69 Å². The first-order valence-corrected chi connectivity index (χ1v) is 7.07. The van der Waals surface area contributed by atoms with Gasteiger partial charge in [-0.2, -0.15) is 0 Å². The number of anilines is 1. The highest BCUT2D eigenvalue weighted by atomic mass is 79.9. The van der Waals surface area contributed by atoms with Gasteiger partial charge in [-0.1, -0.05) is 0 Å². The van der Waals surface area contributed by atoms with Crippen LogP contribution in [0.1, 0.15) is 30.0 Å². The summed E-state index contributed by atoms with van der Waals surface area (Å²) >= 11 is 0. The third-order valence-electron chi connectivity index (χ3n) is 3.61. The summed E-state index contributed by atoms with van der Waals surface area (Å²) in [5.74, 6) is 1.11. The van der Waals surface area contributed by atoms with Crippen molar-refractivity contribution in [2.24, 2.45) is 0 Å². The number of carbonyl (C=O) groups excluding carboxylic acids is 1. The van der Waals surface area contributed by atoms with Gasteiger partial charge in [0.1, 0.15) is 12.4 Å². The monoisotopic (exact) mass is 351 g/mol. The van der Waals surface area contributed by atoms with Gasteiger partial charge in [0.15, 0.2) is 6.54 Å². The molecule has 0 spiro atoms. The Kier molecular flexibility index (Phi) is 6.62. The number of aryl methyl sites for hydroxylation is 1. The molecule has 1 heterocycles. The fraction of sp³-hybridized carbons (Fsp3) is 0.375. The quantitative estimate of drug-likeness (QED) is 0.554. The third-order valence-corrected chi connectivity index (χ3v) is 3.61. The van der Waals surface area contributed by atoms with Crippen molar-refractivity contribution >= 4 is 11.5 Å². The van der Waals surface area contributed by atoms with Gasteiger partial charge < -0.3 is 21.9 Å². The number of hydrogen-bond donors (Lipinski definition) is 1. The van der Waals surface area contributed by atoms with Gasteiger partial charge in [0, 0.05) is 31.3 Å². The number of aromatic nitrogens is 2. The van der Waals surface area contributed by atoms with Crippen molar-refractivity contribution < 1.29 is 26.3 Å². The third kappa shape index (κ3) is 4.17. The molecule has 0 radical (unpaired) electrons. The normalized spacial score (nSPS) is 10.0. The van der Waals surface area contributed by atoms with E-state index >= 15 is 0 Å². The minimum absolute atomic E-state index is 0. The summed E-state index contributed by atoms with van der Waals surface area (Å²) in [7, 11) is 0. The molecule has 2 aromatic rings.